The van der Waals surface area contributed by atoms with E-state index in [4.69, 9.17) is 4.52 Å². The monoisotopic (exact) mass is 341 g/mol. The first-order chi connectivity index (χ1) is 11.9. The maximum Gasteiger partial charge on any atom is 0.228 e. The lowest BCUT2D eigenvalue weighted by Crippen LogP contribution is -2.34. The maximum atomic E-state index is 12.8. The van der Waals surface area contributed by atoms with Gasteiger partial charge in [-0.1, -0.05) is 22.9 Å². The number of anilines is 1. The first-order valence-corrected chi connectivity index (χ1v) is 8.40. The summed E-state index contributed by atoms with van der Waals surface area (Å²) in [6.45, 7) is 6.57. The lowest BCUT2D eigenvalue weighted by molar-refractivity contribution is -0.135. The molecule has 1 aromatic carbocycles. The van der Waals surface area contributed by atoms with Crippen LogP contribution in [0.5, 0.6) is 0 Å². The van der Waals surface area contributed by atoms with Crippen molar-refractivity contribution in [1.29, 1.82) is 0 Å². The van der Waals surface area contributed by atoms with Crippen molar-refractivity contribution in [1.82, 2.24) is 10.1 Å². The van der Waals surface area contributed by atoms with Crippen molar-refractivity contribution in [3.8, 4) is 0 Å². The number of rotatable bonds is 4. The van der Waals surface area contributed by atoms with Gasteiger partial charge in [-0.2, -0.15) is 0 Å². The Morgan fingerprint density at radius 2 is 1.96 bits per heavy atom. The lowest BCUT2D eigenvalue weighted by atomic mass is 10.1. The Kier molecular flexibility index (Phi) is 4.61. The summed E-state index contributed by atoms with van der Waals surface area (Å²) in [5, 5.41) is 3.92. The first-order valence-electron chi connectivity index (χ1n) is 8.40. The van der Waals surface area contributed by atoms with Crippen molar-refractivity contribution in [2.45, 2.75) is 33.7 Å². The van der Waals surface area contributed by atoms with E-state index in [0.29, 0.717) is 13.1 Å². The van der Waals surface area contributed by atoms with Gasteiger partial charge in [-0.3, -0.25) is 9.59 Å². The molecule has 2 heterocycles. The molecule has 0 aliphatic carbocycles. The fourth-order valence-electron chi connectivity index (χ4n) is 3.20. The molecule has 0 bridgehead atoms. The van der Waals surface area contributed by atoms with Crippen molar-refractivity contribution in [3.63, 3.8) is 0 Å². The summed E-state index contributed by atoms with van der Waals surface area (Å²) < 4.78 is 5.15. The predicted molar refractivity (Wildman–Crippen MR) is 94.1 cm³/mol. The van der Waals surface area contributed by atoms with Crippen LogP contribution in [0.2, 0.25) is 0 Å². The highest BCUT2D eigenvalue weighted by Crippen LogP contribution is 2.27. The van der Waals surface area contributed by atoms with Gasteiger partial charge in [0.25, 0.3) is 0 Å². The number of aryl methyl sites for hydroxylation is 3. The smallest absolute Gasteiger partial charge is 0.228 e. The lowest BCUT2D eigenvalue weighted by Gasteiger charge is -2.21. The Labute approximate surface area is 147 Å². The van der Waals surface area contributed by atoms with Crippen LogP contribution < -0.4 is 4.90 Å². The summed E-state index contributed by atoms with van der Waals surface area (Å²) in [7, 11) is 1.76. The zero-order chi connectivity index (χ0) is 18.1. The minimum atomic E-state index is -0.320. The van der Waals surface area contributed by atoms with Crippen molar-refractivity contribution in [3.05, 3.63) is 46.8 Å². The highest BCUT2D eigenvalue weighted by atomic mass is 16.5. The van der Waals surface area contributed by atoms with Gasteiger partial charge in [0.2, 0.25) is 11.8 Å². The topological polar surface area (TPSA) is 66.7 Å². The predicted octanol–water partition coefficient (Wildman–Crippen LogP) is 2.61. The van der Waals surface area contributed by atoms with Crippen molar-refractivity contribution < 1.29 is 14.1 Å². The molecule has 6 heteroatoms. The van der Waals surface area contributed by atoms with Crippen LogP contribution in [0.25, 0.3) is 0 Å². The van der Waals surface area contributed by atoms with Gasteiger partial charge < -0.3 is 14.3 Å². The molecular formula is C19H23N3O3. The molecule has 1 aliphatic rings. The van der Waals surface area contributed by atoms with Crippen LogP contribution in [0.1, 0.15) is 29.0 Å². The van der Waals surface area contributed by atoms with Crippen LogP contribution in [-0.4, -0.2) is 35.5 Å². The van der Waals surface area contributed by atoms with E-state index in [2.05, 4.69) is 5.16 Å². The summed E-state index contributed by atoms with van der Waals surface area (Å²) in [6, 6.07) is 7.80. The van der Waals surface area contributed by atoms with E-state index >= 15 is 0 Å². The van der Waals surface area contributed by atoms with E-state index in [1.54, 1.807) is 16.8 Å². The number of hydrogen-bond donors (Lipinski definition) is 0. The Balaban J connectivity index is 1.69. The van der Waals surface area contributed by atoms with Crippen molar-refractivity contribution in [2.24, 2.45) is 5.92 Å². The molecule has 2 amide bonds. The molecule has 0 spiro atoms. The molecule has 25 heavy (non-hydrogen) atoms. The summed E-state index contributed by atoms with van der Waals surface area (Å²) in [5.74, 6) is 0.371. The van der Waals surface area contributed by atoms with Gasteiger partial charge in [-0.15, -0.1) is 0 Å². The zero-order valence-electron chi connectivity index (χ0n) is 15.1. The molecule has 1 unspecified atom stereocenters. The Morgan fingerprint density at radius 3 is 2.56 bits per heavy atom. The van der Waals surface area contributed by atoms with Gasteiger partial charge in [0.05, 0.1) is 18.2 Å². The number of aromatic nitrogens is 1. The molecule has 2 aromatic rings. The van der Waals surface area contributed by atoms with E-state index in [1.807, 2.05) is 45.0 Å². The number of carbonyl (C=O) groups excluding carboxylic acids is 2. The fraction of sp³-hybridized carbons (Fsp3) is 0.421. The SMILES string of the molecule is Cc1ccc(N2CC(C(=O)N(C)Cc3c(C)noc3C)CC2=O)cc1. The van der Waals surface area contributed by atoms with E-state index in [1.165, 1.54) is 0 Å². The molecular weight excluding hydrogens is 318 g/mol. The van der Waals surface area contributed by atoms with Gasteiger partial charge in [0.15, 0.2) is 0 Å². The molecule has 6 nitrogen and oxygen atoms in total. The zero-order valence-corrected chi connectivity index (χ0v) is 15.1. The Morgan fingerprint density at radius 1 is 1.28 bits per heavy atom. The third-order valence-corrected chi connectivity index (χ3v) is 4.77. The summed E-state index contributed by atoms with van der Waals surface area (Å²) in [4.78, 5) is 28.5. The average molecular weight is 341 g/mol. The van der Waals surface area contributed by atoms with E-state index < -0.39 is 0 Å². The molecule has 1 aromatic heterocycles. The maximum absolute atomic E-state index is 12.8. The minimum absolute atomic E-state index is 0.00654. The molecule has 1 saturated heterocycles. The van der Waals surface area contributed by atoms with Crippen LogP contribution >= 0.6 is 0 Å². The number of benzene rings is 1. The molecule has 132 valence electrons. The van der Waals surface area contributed by atoms with Crippen LogP contribution in [0.15, 0.2) is 28.8 Å². The first kappa shape index (κ1) is 17.2. The van der Waals surface area contributed by atoms with Crippen molar-refractivity contribution in [2.75, 3.05) is 18.5 Å². The highest BCUT2D eigenvalue weighted by molar-refractivity contribution is 6.00. The molecule has 1 fully saturated rings. The third-order valence-electron chi connectivity index (χ3n) is 4.77. The number of nitrogens with zero attached hydrogens (tertiary/aromatic N) is 3. The largest absolute Gasteiger partial charge is 0.361 e. The summed E-state index contributed by atoms with van der Waals surface area (Å²) in [5.41, 5.74) is 3.71. The number of hydrogen-bond acceptors (Lipinski definition) is 4. The molecule has 0 saturated carbocycles. The van der Waals surface area contributed by atoms with Gasteiger partial charge in [-0.25, -0.2) is 0 Å². The number of amides is 2. The van der Waals surface area contributed by atoms with Gasteiger partial charge in [0.1, 0.15) is 5.76 Å². The van der Waals surface area contributed by atoms with E-state index in [-0.39, 0.29) is 24.2 Å². The molecule has 0 radical (unpaired) electrons. The van der Waals surface area contributed by atoms with Crippen molar-refractivity contribution >= 4 is 17.5 Å². The molecule has 0 N–H and O–H groups in total. The summed E-state index contributed by atoms with van der Waals surface area (Å²) in [6.07, 6.45) is 0.249. The average Bonchev–Trinajstić information content (AvgIpc) is 3.12. The third kappa shape index (κ3) is 3.43. The second-order valence-electron chi connectivity index (χ2n) is 6.74. The summed E-state index contributed by atoms with van der Waals surface area (Å²) >= 11 is 0. The standard InChI is InChI=1S/C19H23N3O3/c1-12-5-7-16(8-6-12)22-10-15(9-18(22)23)19(24)21(4)11-17-13(2)20-25-14(17)3/h5-8,15H,9-11H2,1-4H3. The quantitative estimate of drug-likeness (QED) is 0.857. The molecule has 1 atom stereocenters. The fourth-order valence-corrected chi connectivity index (χ4v) is 3.20. The second kappa shape index (κ2) is 6.70. The van der Waals surface area contributed by atoms with E-state index in [0.717, 1.165) is 28.3 Å². The highest BCUT2D eigenvalue weighted by Gasteiger charge is 2.36. The number of carbonyl (C=O) groups is 2. The Bertz CT molecular complexity index is 775. The normalized spacial score (nSPS) is 17.2. The van der Waals surface area contributed by atoms with Crippen LogP contribution in [0.4, 0.5) is 5.69 Å². The van der Waals surface area contributed by atoms with Crippen LogP contribution in [0.3, 0.4) is 0 Å². The minimum Gasteiger partial charge on any atom is -0.361 e. The van der Waals surface area contributed by atoms with Crippen LogP contribution in [0, 0.1) is 26.7 Å². The van der Waals surface area contributed by atoms with Crippen LogP contribution in [-0.2, 0) is 16.1 Å². The van der Waals surface area contributed by atoms with Gasteiger partial charge >= 0.3 is 0 Å². The molecule has 3 rings (SSSR count). The van der Waals surface area contributed by atoms with Gasteiger partial charge in [0, 0.05) is 31.3 Å². The van der Waals surface area contributed by atoms with Gasteiger partial charge in [-0.05, 0) is 32.9 Å². The Hall–Kier alpha value is -2.63. The molecule has 1 aliphatic heterocycles. The second-order valence-corrected chi connectivity index (χ2v) is 6.74. The van der Waals surface area contributed by atoms with E-state index in [9.17, 15) is 9.59 Å².